The zero-order valence-corrected chi connectivity index (χ0v) is 9.12. The van der Waals surface area contributed by atoms with Crippen molar-refractivity contribution >= 4 is 5.97 Å². The van der Waals surface area contributed by atoms with E-state index >= 15 is 0 Å². The van der Waals surface area contributed by atoms with Gasteiger partial charge in [0.25, 0.3) is 0 Å². The number of unbranched alkanes of at least 4 members (excludes halogenated alkanes) is 2. The molecule has 80 valence electrons. The third-order valence-electron chi connectivity index (χ3n) is 2.17. The van der Waals surface area contributed by atoms with E-state index in [1.807, 2.05) is 0 Å². The lowest BCUT2D eigenvalue weighted by atomic mass is 10.2. The summed E-state index contributed by atoms with van der Waals surface area (Å²) in [7, 11) is 4.19. The van der Waals surface area contributed by atoms with Crippen LogP contribution in [-0.2, 0) is 4.79 Å². The van der Waals surface area contributed by atoms with Crippen LogP contribution in [0.2, 0.25) is 0 Å². The molecule has 0 saturated carbocycles. The Morgan fingerprint density at radius 3 is 2.50 bits per heavy atom. The lowest BCUT2D eigenvalue weighted by Gasteiger charge is -2.27. The van der Waals surface area contributed by atoms with E-state index in [4.69, 9.17) is 11.5 Å². The highest BCUT2D eigenvalue weighted by molar-refractivity contribution is 5.66. The topological polar surface area (TPSA) is 37.3 Å². The Morgan fingerprint density at radius 1 is 1.36 bits per heavy atom. The third-order valence-corrected chi connectivity index (χ3v) is 2.17. The molecule has 14 heavy (non-hydrogen) atoms. The Kier molecular flexibility index (Phi) is 5.98. The van der Waals surface area contributed by atoms with E-state index in [0.29, 0.717) is 0 Å². The van der Waals surface area contributed by atoms with Gasteiger partial charge in [-0.15, -0.1) is 6.42 Å². The largest absolute Gasteiger partial charge is 0.481 e. The van der Waals surface area contributed by atoms with Crippen LogP contribution >= 0.6 is 0 Å². The van der Waals surface area contributed by atoms with Crippen molar-refractivity contribution in [3.8, 4) is 12.3 Å². The van der Waals surface area contributed by atoms with Gasteiger partial charge in [-0.25, -0.2) is 0 Å². The average Bonchev–Trinajstić information content (AvgIpc) is 2.02. The molecule has 3 nitrogen and oxygen atoms in total. The lowest BCUT2D eigenvalue weighted by Crippen LogP contribution is -2.40. The highest BCUT2D eigenvalue weighted by atomic mass is 16.4. The smallest absolute Gasteiger partial charge is 0.303 e. The van der Waals surface area contributed by atoms with Crippen molar-refractivity contribution in [1.29, 1.82) is 0 Å². The molecule has 3 heteroatoms. The highest BCUT2D eigenvalue weighted by Gasteiger charge is 2.11. The SMILES string of the molecule is C#CC[N+](C)(C)CCCCCC(=O)O. The molecule has 0 aliphatic heterocycles. The highest BCUT2D eigenvalue weighted by Crippen LogP contribution is 2.04. The van der Waals surface area contributed by atoms with Gasteiger partial charge in [0.05, 0.1) is 20.6 Å². The van der Waals surface area contributed by atoms with Crippen molar-refractivity contribution in [2.45, 2.75) is 25.7 Å². The van der Waals surface area contributed by atoms with Gasteiger partial charge in [-0.1, -0.05) is 0 Å². The van der Waals surface area contributed by atoms with Crippen LogP contribution in [0.15, 0.2) is 0 Å². The first kappa shape index (κ1) is 13.0. The lowest BCUT2D eigenvalue weighted by molar-refractivity contribution is -0.883. The average molecular weight is 198 g/mol. The number of hydrogen-bond donors (Lipinski definition) is 1. The molecule has 0 aromatic rings. The molecule has 0 bridgehead atoms. The normalized spacial score (nSPS) is 10.9. The van der Waals surface area contributed by atoms with E-state index in [0.717, 1.165) is 36.8 Å². The fourth-order valence-corrected chi connectivity index (χ4v) is 1.32. The second kappa shape index (κ2) is 6.44. The number of rotatable bonds is 7. The first-order valence-electron chi connectivity index (χ1n) is 4.95. The predicted octanol–water partition coefficient (Wildman–Crippen LogP) is 1.34. The van der Waals surface area contributed by atoms with E-state index < -0.39 is 5.97 Å². The fourth-order valence-electron chi connectivity index (χ4n) is 1.32. The van der Waals surface area contributed by atoms with Gasteiger partial charge < -0.3 is 9.59 Å². The summed E-state index contributed by atoms with van der Waals surface area (Å²) < 4.78 is 0.823. The molecule has 0 saturated heterocycles. The molecule has 0 rings (SSSR count). The van der Waals surface area contributed by atoms with Crippen molar-refractivity contribution in [3.05, 3.63) is 0 Å². The second-order valence-electron chi connectivity index (χ2n) is 4.23. The zero-order chi connectivity index (χ0) is 11.0. The Balaban J connectivity index is 3.45. The summed E-state index contributed by atoms with van der Waals surface area (Å²) >= 11 is 0. The molecule has 0 aromatic heterocycles. The molecule has 0 radical (unpaired) electrons. The van der Waals surface area contributed by atoms with Gasteiger partial charge in [-0.3, -0.25) is 4.79 Å². The van der Waals surface area contributed by atoms with Gasteiger partial charge in [-0.2, -0.15) is 0 Å². The first-order chi connectivity index (χ1) is 6.48. The molecule has 0 unspecified atom stereocenters. The van der Waals surface area contributed by atoms with Crippen LogP contribution in [0.3, 0.4) is 0 Å². The van der Waals surface area contributed by atoms with Gasteiger partial charge in [0.2, 0.25) is 0 Å². The molecular formula is C11H20NO2+. The number of hydrogen-bond acceptors (Lipinski definition) is 1. The summed E-state index contributed by atoms with van der Waals surface area (Å²) in [5, 5.41) is 8.43. The minimum atomic E-state index is -0.706. The molecule has 0 amide bonds. The van der Waals surface area contributed by atoms with Crippen LogP contribution in [0, 0.1) is 12.3 Å². The van der Waals surface area contributed by atoms with Crippen LogP contribution < -0.4 is 0 Å². The summed E-state index contributed by atoms with van der Waals surface area (Å²) in [6.07, 6.45) is 8.31. The van der Waals surface area contributed by atoms with E-state index in [1.165, 1.54) is 0 Å². The minimum Gasteiger partial charge on any atom is -0.481 e. The number of carbonyl (C=O) groups is 1. The summed E-state index contributed by atoms with van der Waals surface area (Å²) in [6, 6.07) is 0. The first-order valence-corrected chi connectivity index (χ1v) is 4.95. The number of nitrogens with zero attached hydrogens (tertiary/aromatic N) is 1. The maximum absolute atomic E-state index is 10.2. The Bertz CT molecular complexity index is 216. The summed E-state index contributed by atoms with van der Waals surface area (Å²) in [5.41, 5.74) is 0. The van der Waals surface area contributed by atoms with Gasteiger partial charge in [-0.05, 0) is 25.2 Å². The van der Waals surface area contributed by atoms with E-state index in [9.17, 15) is 4.79 Å². The maximum Gasteiger partial charge on any atom is 0.303 e. The maximum atomic E-state index is 10.2. The van der Waals surface area contributed by atoms with Crippen molar-refractivity contribution in [2.24, 2.45) is 0 Å². The number of carboxylic acids is 1. The molecule has 0 atom stereocenters. The number of aliphatic carboxylic acids is 1. The van der Waals surface area contributed by atoms with Crippen molar-refractivity contribution < 1.29 is 14.4 Å². The summed E-state index contributed by atoms with van der Waals surface area (Å²) in [4.78, 5) is 10.2. The van der Waals surface area contributed by atoms with Gasteiger partial charge >= 0.3 is 5.97 Å². The Labute approximate surface area is 86.3 Å². The molecular weight excluding hydrogens is 178 g/mol. The molecule has 0 aliphatic carbocycles. The Hall–Kier alpha value is -1.01. The van der Waals surface area contributed by atoms with E-state index in [1.54, 1.807) is 0 Å². The quantitative estimate of drug-likeness (QED) is 0.381. The zero-order valence-electron chi connectivity index (χ0n) is 9.12. The number of quaternary nitrogens is 1. The van der Waals surface area contributed by atoms with Gasteiger partial charge in [0.15, 0.2) is 0 Å². The van der Waals surface area contributed by atoms with Gasteiger partial charge in [0, 0.05) is 6.42 Å². The van der Waals surface area contributed by atoms with Gasteiger partial charge in [0.1, 0.15) is 6.54 Å². The molecule has 0 aliphatic rings. The van der Waals surface area contributed by atoms with Crippen LogP contribution in [0.4, 0.5) is 0 Å². The number of carboxylic acid groups (broad SMARTS) is 1. The molecule has 0 heterocycles. The van der Waals surface area contributed by atoms with Crippen molar-refractivity contribution in [1.82, 2.24) is 0 Å². The second-order valence-corrected chi connectivity index (χ2v) is 4.23. The molecule has 1 N–H and O–H groups in total. The van der Waals surface area contributed by atoms with Crippen molar-refractivity contribution in [3.63, 3.8) is 0 Å². The summed E-state index contributed by atoms with van der Waals surface area (Å²) in [5.74, 6) is 1.94. The third kappa shape index (κ3) is 7.63. The summed E-state index contributed by atoms with van der Waals surface area (Å²) in [6.45, 7) is 1.75. The van der Waals surface area contributed by atoms with Crippen LogP contribution in [0.5, 0.6) is 0 Å². The molecule has 0 spiro atoms. The molecule has 0 aromatic carbocycles. The predicted molar refractivity (Wildman–Crippen MR) is 56.8 cm³/mol. The fraction of sp³-hybridized carbons (Fsp3) is 0.727. The number of terminal acetylenes is 1. The van der Waals surface area contributed by atoms with Crippen LogP contribution in [0.25, 0.3) is 0 Å². The van der Waals surface area contributed by atoms with Crippen LogP contribution in [0.1, 0.15) is 25.7 Å². The Morgan fingerprint density at radius 2 is 2.00 bits per heavy atom. The van der Waals surface area contributed by atoms with Crippen LogP contribution in [-0.4, -0.2) is 42.7 Å². The van der Waals surface area contributed by atoms with Crippen molar-refractivity contribution in [2.75, 3.05) is 27.2 Å². The monoisotopic (exact) mass is 198 g/mol. The standard InChI is InChI=1S/C11H19NO2/c1-4-9-12(2,3)10-7-5-6-8-11(13)14/h1H,5-10H2,2-3H3/p+1. The van der Waals surface area contributed by atoms with E-state index in [2.05, 4.69) is 20.0 Å². The van der Waals surface area contributed by atoms with E-state index in [-0.39, 0.29) is 6.42 Å². The minimum absolute atomic E-state index is 0.280. The molecule has 0 fully saturated rings.